The summed E-state index contributed by atoms with van der Waals surface area (Å²) in [6.45, 7) is 4.47. The molecule has 0 atom stereocenters. The number of nitrogens with zero attached hydrogens (tertiary/aromatic N) is 3. The molecule has 120 valence electrons. The fraction of sp³-hybridized carbons (Fsp3) is 0.769. The number of piperazine rings is 1. The maximum atomic E-state index is 12.2. The quantitative estimate of drug-likeness (QED) is 0.677. The van der Waals surface area contributed by atoms with Gasteiger partial charge < -0.3 is 19.6 Å². The number of rotatable bonds is 6. The molecule has 0 radical (unpaired) electrons. The third kappa shape index (κ3) is 5.99. The molecule has 21 heavy (non-hydrogen) atoms. The summed E-state index contributed by atoms with van der Waals surface area (Å²) in [5.41, 5.74) is 0. The largest absolute Gasteiger partial charge is 0.480 e. The Morgan fingerprint density at radius 3 is 2.33 bits per heavy atom. The Balaban J connectivity index is 2.32. The summed E-state index contributed by atoms with van der Waals surface area (Å²) in [6.07, 6.45) is 0.176. The van der Waals surface area contributed by atoms with Crippen LogP contribution in [0.5, 0.6) is 0 Å². The number of carbonyl (C=O) groups is 3. The number of hydrogen-bond donors (Lipinski definition) is 1. The molecule has 1 rings (SSSR count). The third-order valence-electron chi connectivity index (χ3n) is 3.28. The molecule has 1 fully saturated rings. The molecule has 0 bridgehead atoms. The minimum atomic E-state index is -0.860. The van der Waals surface area contributed by atoms with Crippen molar-refractivity contribution in [2.24, 2.45) is 0 Å². The van der Waals surface area contributed by atoms with E-state index in [1.54, 1.807) is 23.8 Å². The van der Waals surface area contributed by atoms with E-state index in [0.717, 1.165) is 0 Å². The van der Waals surface area contributed by atoms with Gasteiger partial charge in [0.2, 0.25) is 0 Å². The summed E-state index contributed by atoms with van der Waals surface area (Å²) in [5.74, 6) is -1.18. The van der Waals surface area contributed by atoms with Gasteiger partial charge in [0.15, 0.2) is 0 Å². The van der Waals surface area contributed by atoms with Gasteiger partial charge in [0.1, 0.15) is 0 Å². The fourth-order valence-corrected chi connectivity index (χ4v) is 2.12. The van der Waals surface area contributed by atoms with E-state index >= 15 is 0 Å². The number of amides is 2. The van der Waals surface area contributed by atoms with Gasteiger partial charge in [-0.05, 0) is 6.92 Å². The first kappa shape index (κ1) is 17.2. The number of urea groups is 1. The molecule has 0 aromatic carbocycles. The minimum Gasteiger partial charge on any atom is -0.480 e. The highest BCUT2D eigenvalue weighted by Crippen LogP contribution is 2.05. The standard InChI is InChI=1S/C13H23N3O5/c1-3-21-12(19)4-5-14(2)13(20)16-8-6-15(7-9-16)10-11(17)18/h3-10H2,1-2H3,(H,17,18). The molecule has 0 unspecified atom stereocenters. The van der Waals surface area contributed by atoms with Crippen LogP contribution in [0.25, 0.3) is 0 Å². The summed E-state index contributed by atoms with van der Waals surface area (Å²) >= 11 is 0. The van der Waals surface area contributed by atoms with Gasteiger partial charge in [-0.3, -0.25) is 14.5 Å². The van der Waals surface area contributed by atoms with E-state index in [0.29, 0.717) is 39.3 Å². The summed E-state index contributed by atoms with van der Waals surface area (Å²) < 4.78 is 4.82. The normalized spacial score (nSPS) is 15.6. The number of carbonyl (C=O) groups excluding carboxylic acids is 2. The van der Waals surface area contributed by atoms with Crippen LogP contribution in [-0.2, 0) is 14.3 Å². The Bertz CT molecular complexity index is 380. The van der Waals surface area contributed by atoms with E-state index in [1.807, 2.05) is 0 Å². The predicted octanol–water partition coefficient (Wildman–Crippen LogP) is -0.306. The highest BCUT2D eigenvalue weighted by atomic mass is 16.5. The van der Waals surface area contributed by atoms with Crippen LogP contribution in [0.1, 0.15) is 13.3 Å². The first-order valence-electron chi connectivity index (χ1n) is 7.03. The third-order valence-corrected chi connectivity index (χ3v) is 3.28. The molecule has 0 aromatic rings. The Morgan fingerprint density at radius 1 is 1.19 bits per heavy atom. The second kappa shape index (κ2) is 8.46. The summed E-state index contributed by atoms with van der Waals surface area (Å²) in [4.78, 5) is 39.0. The lowest BCUT2D eigenvalue weighted by atomic mass is 10.3. The molecular weight excluding hydrogens is 278 g/mol. The summed E-state index contributed by atoms with van der Waals surface area (Å²) in [6, 6.07) is -0.144. The van der Waals surface area contributed by atoms with Crippen LogP contribution in [0.4, 0.5) is 4.79 Å². The van der Waals surface area contributed by atoms with Gasteiger partial charge in [0.05, 0.1) is 19.6 Å². The summed E-state index contributed by atoms with van der Waals surface area (Å²) in [7, 11) is 1.64. The maximum Gasteiger partial charge on any atom is 0.319 e. The van der Waals surface area contributed by atoms with Crippen molar-refractivity contribution in [2.75, 3.05) is 52.9 Å². The zero-order valence-electron chi connectivity index (χ0n) is 12.6. The lowest BCUT2D eigenvalue weighted by Crippen LogP contribution is -2.53. The van der Waals surface area contributed by atoms with E-state index in [1.165, 1.54) is 4.90 Å². The first-order valence-corrected chi connectivity index (χ1v) is 7.03. The zero-order chi connectivity index (χ0) is 15.8. The lowest BCUT2D eigenvalue weighted by Gasteiger charge is -2.35. The number of carboxylic acids is 1. The maximum absolute atomic E-state index is 12.2. The molecule has 0 aromatic heterocycles. The number of esters is 1. The molecule has 1 N–H and O–H groups in total. The van der Waals surface area contributed by atoms with Crippen LogP contribution >= 0.6 is 0 Å². The summed E-state index contributed by atoms with van der Waals surface area (Å²) in [5, 5.41) is 8.72. The van der Waals surface area contributed by atoms with Gasteiger partial charge in [-0.15, -0.1) is 0 Å². The molecule has 1 aliphatic heterocycles. The predicted molar refractivity (Wildman–Crippen MR) is 74.9 cm³/mol. The van der Waals surface area contributed by atoms with Gasteiger partial charge in [0.25, 0.3) is 0 Å². The molecule has 2 amide bonds. The molecule has 0 saturated carbocycles. The van der Waals surface area contributed by atoms with Gasteiger partial charge in [-0.25, -0.2) is 4.79 Å². The van der Waals surface area contributed by atoms with E-state index in [4.69, 9.17) is 9.84 Å². The van der Waals surface area contributed by atoms with E-state index in [9.17, 15) is 14.4 Å². The van der Waals surface area contributed by atoms with Crippen LogP contribution in [0.15, 0.2) is 0 Å². The van der Waals surface area contributed by atoms with Crippen molar-refractivity contribution in [3.63, 3.8) is 0 Å². The van der Waals surface area contributed by atoms with Crippen LogP contribution in [-0.4, -0.2) is 90.7 Å². The molecule has 0 aliphatic carbocycles. The van der Waals surface area contributed by atoms with Gasteiger partial charge in [0, 0.05) is 39.8 Å². The second-order valence-electron chi connectivity index (χ2n) is 4.92. The topological polar surface area (TPSA) is 90.4 Å². The molecule has 1 aliphatic rings. The van der Waals surface area contributed by atoms with Crippen LogP contribution in [0.3, 0.4) is 0 Å². The average Bonchev–Trinajstić information content (AvgIpc) is 2.44. The van der Waals surface area contributed by atoms with Crippen molar-refractivity contribution < 1.29 is 24.2 Å². The molecule has 1 heterocycles. The number of carboxylic acid groups (broad SMARTS) is 1. The van der Waals surface area contributed by atoms with Crippen molar-refractivity contribution >= 4 is 18.0 Å². The van der Waals surface area contributed by atoms with Gasteiger partial charge in [-0.2, -0.15) is 0 Å². The van der Waals surface area contributed by atoms with Crippen molar-refractivity contribution in [2.45, 2.75) is 13.3 Å². The van der Waals surface area contributed by atoms with Crippen LogP contribution < -0.4 is 0 Å². The Labute approximate surface area is 124 Å². The Kier molecular flexibility index (Phi) is 6.93. The zero-order valence-corrected chi connectivity index (χ0v) is 12.6. The Morgan fingerprint density at radius 2 is 1.81 bits per heavy atom. The van der Waals surface area contributed by atoms with Crippen molar-refractivity contribution in [3.05, 3.63) is 0 Å². The monoisotopic (exact) mass is 301 g/mol. The Hall–Kier alpha value is -1.83. The molecule has 8 nitrogen and oxygen atoms in total. The van der Waals surface area contributed by atoms with Crippen molar-refractivity contribution in [3.8, 4) is 0 Å². The number of ether oxygens (including phenoxy) is 1. The molecule has 1 saturated heterocycles. The minimum absolute atomic E-state index is 0.000722. The first-order chi connectivity index (χ1) is 9.93. The smallest absolute Gasteiger partial charge is 0.319 e. The van der Waals surface area contributed by atoms with Gasteiger partial charge in [-0.1, -0.05) is 0 Å². The van der Waals surface area contributed by atoms with E-state index in [-0.39, 0.29) is 25.0 Å². The highest BCUT2D eigenvalue weighted by Gasteiger charge is 2.24. The molecular formula is C13H23N3O5. The van der Waals surface area contributed by atoms with Crippen molar-refractivity contribution in [1.29, 1.82) is 0 Å². The highest BCUT2D eigenvalue weighted by molar-refractivity contribution is 5.76. The molecule has 0 spiro atoms. The van der Waals surface area contributed by atoms with Crippen molar-refractivity contribution in [1.82, 2.24) is 14.7 Å². The van der Waals surface area contributed by atoms with Gasteiger partial charge >= 0.3 is 18.0 Å². The number of aliphatic carboxylic acids is 1. The lowest BCUT2D eigenvalue weighted by molar-refractivity contribution is -0.143. The average molecular weight is 301 g/mol. The second-order valence-corrected chi connectivity index (χ2v) is 4.92. The van der Waals surface area contributed by atoms with Crippen LogP contribution in [0.2, 0.25) is 0 Å². The SMILES string of the molecule is CCOC(=O)CCN(C)C(=O)N1CCN(CC(=O)O)CC1. The van der Waals surface area contributed by atoms with E-state index in [2.05, 4.69) is 0 Å². The number of hydrogen-bond acceptors (Lipinski definition) is 5. The fourth-order valence-electron chi connectivity index (χ4n) is 2.12. The molecule has 8 heteroatoms. The van der Waals surface area contributed by atoms with E-state index < -0.39 is 5.97 Å². The van der Waals surface area contributed by atoms with Crippen LogP contribution in [0, 0.1) is 0 Å².